The van der Waals surface area contributed by atoms with E-state index in [9.17, 15) is 23.2 Å². The van der Waals surface area contributed by atoms with Crippen LogP contribution < -0.4 is 20.1 Å². The molecule has 1 spiro atoms. The predicted octanol–water partition coefficient (Wildman–Crippen LogP) is 3.76. The standard InChI is InChI=1S/C23H14F3N5O3/c24-23(25,26)18-6-16(3-4-28-18)34-17-2-1-13(5-14(17)9-27)11-33-19-7-20-30(21(32)29-19)12-22-8-15(22)10-31(20)22/h1-7,10H,8,11-12H2. The summed E-state index contributed by atoms with van der Waals surface area (Å²) >= 11 is 0. The maximum atomic E-state index is 12.9. The van der Waals surface area contributed by atoms with Crippen molar-refractivity contribution in [3.8, 4) is 23.4 Å². The first-order valence-corrected chi connectivity index (χ1v) is 10.3. The Hall–Kier alpha value is -4.33. The van der Waals surface area contributed by atoms with Gasteiger partial charge in [0.1, 0.15) is 35.7 Å². The number of hydrogen-bond acceptors (Lipinski definition) is 7. The lowest BCUT2D eigenvalue weighted by atomic mass is 10.1. The Kier molecular flexibility index (Phi) is 4.08. The maximum absolute atomic E-state index is 12.9. The first-order chi connectivity index (χ1) is 16.3. The van der Waals surface area contributed by atoms with Gasteiger partial charge < -0.3 is 14.4 Å². The van der Waals surface area contributed by atoms with Crippen LogP contribution in [0.4, 0.5) is 19.0 Å². The number of nitrogens with zero attached hydrogens (tertiary/aromatic N) is 5. The number of aromatic nitrogens is 3. The van der Waals surface area contributed by atoms with Crippen LogP contribution in [0.5, 0.6) is 17.4 Å². The quantitative estimate of drug-likeness (QED) is 0.567. The van der Waals surface area contributed by atoms with E-state index in [1.54, 1.807) is 16.7 Å². The SMILES string of the molecule is N#Cc1cc(COc2cc3n(c(=O)n2)CC24CC2=CN34)ccc1Oc1ccnc(C(F)(F)F)c1. The fraction of sp³-hybridized carbons (Fsp3) is 0.217. The van der Waals surface area contributed by atoms with Gasteiger partial charge in [-0.1, -0.05) is 6.07 Å². The molecule has 4 heterocycles. The molecule has 2 aromatic heterocycles. The van der Waals surface area contributed by atoms with Crippen LogP contribution in [0.1, 0.15) is 23.2 Å². The van der Waals surface area contributed by atoms with Crippen molar-refractivity contribution in [2.24, 2.45) is 0 Å². The number of alkyl halides is 3. The molecule has 3 aromatic rings. The molecule has 0 amide bonds. The molecule has 1 aromatic carbocycles. The van der Waals surface area contributed by atoms with Crippen LogP contribution in [0.2, 0.25) is 0 Å². The molecule has 11 heteroatoms. The van der Waals surface area contributed by atoms with Gasteiger partial charge in [-0.2, -0.15) is 23.4 Å². The van der Waals surface area contributed by atoms with Gasteiger partial charge in [0, 0.05) is 31.0 Å². The number of hydrogen-bond donors (Lipinski definition) is 0. The highest BCUT2D eigenvalue weighted by Gasteiger charge is 2.64. The highest BCUT2D eigenvalue weighted by molar-refractivity contribution is 5.71. The second-order valence-corrected chi connectivity index (χ2v) is 8.26. The monoisotopic (exact) mass is 465 g/mol. The Morgan fingerprint density at radius 1 is 1.21 bits per heavy atom. The Morgan fingerprint density at radius 3 is 2.79 bits per heavy atom. The van der Waals surface area contributed by atoms with E-state index in [0.29, 0.717) is 12.1 Å². The highest BCUT2D eigenvalue weighted by atomic mass is 19.4. The smallest absolute Gasteiger partial charge is 0.433 e. The summed E-state index contributed by atoms with van der Waals surface area (Å²) in [5.74, 6) is 0.913. The van der Waals surface area contributed by atoms with E-state index in [4.69, 9.17) is 9.47 Å². The van der Waals surface area contributed by atoms with Crippen LogP contribution in [0.25, 0.3) is 0 Å². The summed E-state index contributed by atoms with van der Waals surface area (Å²) in [7, 11) is 0. The fourth-order valence-electron chi connectivity index (χ4n) is 4.32. The zero-order valence-electron chi connectivity index (χ0n) is 17.3. The number of ether oxygens (including phenoxy) is 2. The molecular weight excluding hydrogens is 451 g/mol. The molecule has 1 saturated carbocycles. The van der Waals surface area contributed by atoms with E-state index >= 15 is 0 Å². The molecule has 6 rings (SSSR count). The second kappa shape index (κ2) is 6.84. The lowest BCUT2D eigenvalue weighted by Gasteiger charge is -2.27. The third kappa shape index (κ3) is 3.10. The van der Waals surface area contributed by atoms with Crippen LogP contribution in [0.15, 0.2) is 59.2 Å². The van der Waals surface area contributed by atoms with Gasteiger partial charge in [0.2, 0.25) is 5.88 Å². The largest absolute Gasteiger partial charge is 0.473 e. The molecule has 2 aliphatic heterocycles. The fourth-order valence-corrected chi connectivity index (χ4v) is 4.32. The van der Waals surface area contributed by atoms with Crippen LogP contribution in [-0.2, 0) is 19.3 Å². The summed E-state index contributed by atoms with van der Waals surface area (Å²) in [5, 5.41) is 9.49. The van der Waals surface area contributed by atoms with Gasteiger partial charge in [-0.25, -0.2) is 4.79 Å². The van der Waals surface area contributed by atoms with E-state index in [1.165, 1.54) is 23.8 Å². The third-order valence-corrected chi connectivity index (χ3v) is 6.13. The van der Waals surface area contributed by atoms with Crippen LogP contribution in [-0.4, -0.2) is 20.1 Å². The zero-order chi connectivity index (χ0) is 23.7. The number of nitriles is 1. The summed E-state index contributed by atoms with van der Waals surface area (Å²) in [5.41, 5.74) is 0.548. The van der Waals surface area contributed by atoms with Crippen molar-refractivity contribution in [2.75, 3.05) is 4.90 Å². The Balaban J connectivity index is 1.18. The molecule has 1 atom stereocenters. The van der Waals surface area contributed by atoms with Crippen molar-refractivity contribution in [1.82, 2.24) is 14.5 Å². The van der Waals surface area contributed by atoms with Crippen molar-refractivity contribution in [3.63, 3.8) is 0 Å². The number of anilines is 1. The van der Waals surface area contributed by atoms with Crippen LogP contribution in [0.3, 0.4) is 0 Å². The van der Waals surface area contributed by atoms with Crippen LogP contribution >= 0.6 is 0 Å². The minimum atomic E-state index is -4.61. The minimum absolute atomic E-state index is 0.0281. The average molecular weight is 465 g/mol. The predicted molar refractivity (Wildman–Crippen MR) is 111 cm³/mol. The Labute approximate surface area is 190 Å². The lowest BCUT2D eigenvalue weighted by Crippen LogP contribution is -2.35. The van der Waals surface area contributed by atoms with Gasteiger partial charge in [-0.15, -0.1) is 0 Å². The van der Waals surface area contributed by atoms with E-state index < -0.39 is 11.9 Å². The molecule has 0 saturated heterocycles. The highest BCUT2D eigenvalue weighted by Crippen LogP contribution is 2.61. The molecule has 0 radical (unpaired) electrons. The normalized spacial score (nSPS) is 19.2. The average Bonchev–Trinajstić information content (AvgIpc) is 3.25. The topological polar surface area (TPSA) is 93.3 Å². The summed E-state index contributed by atoms with van der Waals surface area (Å²) in [6, 6.07) is 10.3. The molecule has 1 aliphatic carbocycles. The number of fused-ring (bicyclic) bond motifs is 2. The second-order valence-electron chi connectivity index (χ2n) is 8.26. The van der Waals surface area contributed by atoms with Gasteiger partial charge in [0.05, 0.1) is 17.6 Å². The first-order valence-electron chi connectivity index (χ1n) is 10.3. The summed E-state index contributed by atoms with van der Waals surface area (Å²) in [6.45, 7) is 0.639. The van der Waals surface area contributed by atoms with Gasteiger partial charge in [0.15, 0.2) is 0 Å². The minimum Gasteiger partial charge on any atom is -0.473 e. The summed E-state index contributed by atoms with van der Waals surface area (Å²) in [4.78, 5) is 21.8. The van der Waals surface area contributed by atoms with E-state index in [2.05, 4.69) is 14.9 Å². The van der Waals surface area contributed by atoms with E-state index in [0.717, 1.165) is 24.5 Å². The number of pyridine rings is 1. The molecular formula is C23H14F3N5O3. The molecule has 34 heavy (non-hydrogen) atoms. The molecule has 8 nitrogen and oxygen atoms in total. The Bertz CT molecular complexity index is 1490. The number of benzene rings is 1. The van der Waals surface area contributed by atoms with Crippen molar-refractivity contribution in [2.45, 2.75) is 31.3 Å². The summed E-state index contributed by atoms with van der Waals surface area (Å²) in [6.07, 6.45) is -0.631. The maximum Gasteiger partial charge on any atom is 0.433 e. The van der Waals surface area contributed by atoms with Crippen molar-refractivity contribution in [3.05, 3.63) is 81.7 Å². The van der Waals surface area contributed by atoms with Crippen molar-refractivity contribution < 1.29 is 22.6 Å². The number of halogens is 3. The molecule has 3 aliphatic rings. The molecule has 170 valence electrons. The Morgan fingerprint density at radius 2 is 2.06 bits per heavy atom. The molecule has 0 bridgehead atoms. The van der Waals surface area contributed by atoms with Crippen LogP contribution in [0, 0.1) is 11.3 Å². The third-order valence-electron chi connectivity index (χ3n) is 6.13. The van der Waals surface area contributed by atoms with Gasteiger partial charge >= 0.3 is 11.9 Å². The zero-order valence-corrected chi connectivity index (χ0v) is 17.3. The van der Waals surface area contributed by atoms with E-state index in [1.807, 2.05) is 12.3 Å². The first kappa shape index (κ1) is 20.3. The molecule has 0 N–H and O–H groups in total. The van der Waals surface area contributed by atoms with Gasteiger partial charge in [-0.05, 0) is 29.3 Å². The van der Waals surface area contributed by atoms with E-state index in [-0.39, 0.29) is 40.8 Å². The van der Waals surface area contributed by atoms with Gasteiger partial charge in [0.25, 0.3) is 0 Å². The lowest BCUT2D eigenvalue weighted by molar-refractivity contribution is -0.141. The molecule has 1 fully saturated rings. The van der Waals surface area contributed by atoms with Gasteiger partial charge in [-0.3, -0.25) is 9.55 Å². The molecule has 1 unspecified atom stereocenters. The number of rotatable bonds is 5. The van der Waals surface area contributed by atoms with Crippen molar-refractivity contribution in [1.29, 1.82) is 5.26 Å². The summed E-state index contributed by atoms with van der Waals surface area (Å²) < 4.78 is 51.5. The van der Waals surface area contributed by atoms with Crippen molar-refractivity contribution >= 4 is 5.82 Å².